The lowest BCUT2D eigenvalue weighted by Gasteiger charge is -1.96. The molecule has 0 spiro atoms. The van der Waals surface area contributed by atoms with Crippen LogP contribution in [0.2, 0.25) is 0 Å². The number of nitrogens with zero attached hydrogens (tertiary/aromatic N) is 3. The minimum atomic E-state index is -0.0622. The molecule has 5 heteroatoms. The van der Waals surface area contributed by atoms with Crippen molar-refractivity contribution in [3.05, 3.63) is 27.9 Å². The van der Waals surface area contributed by atoms with E-state index in [1.165, 1.54) is 4.52 Å². The average Bonchev–Trinajstić information content (AvgIpc) is 3.00. The first-order valence-electron chi connectivity index (χ1n) is 5.76. The zero-order valence-corrected chi connectivity index (χ0v) is 9.23. The van der Waals surface area contributed by atoms with E-state index in [1.54, 1.807) is 6.07 Å². The Hall–Kier alpha value is -1.65. The molecule has 1 aliphatic rings. The van der Waals surface area contributed by atoms with Crippen LogP contribution in [-0.2, 0) is 6.42 Å². The van der Waals surface area contributed by atoms with Crippen LogP contribution >= 0.6 is 0 Å². The molecule has 0 radical (unpaired) electrons. The third-order valence-corrected chi connectivity index (χ3v) is 2.87. The van der Waals surface area contributed by atoms with E-state index in [2.05, 4.69) is 22.0 Å². The van der Waals surface area contributed by atoms with Gasteiger partial charge in [-0.2, -0.15) is 9.50 Å². The molecule has 2 heterocycles. The fraction of sp³-hybridized carbons (Fsp3) is 0.545. The lowest BCUT2D eigenvalue weighted by Crippen LogP contribution is -2.15. The summed E-state index contributed by atoms with van der Waals surface area (Å²) in [7, 11) is 0. The summed E-state index contributed by atoms with van der Waals surface area (Å²) in [6.07, 6.45) is 4.15. The number of hydrogen-bond acceptors (Lipinski definition) is 3. The molecule has 2 aromatic rings. The van der Waals surface area contributed by atoms with Crippen molar-refractivity contribution in [2.45, 2.75) is 38.5 Å². The SMILES string of the molecule is CCCc1cc(=O)n2[nH]c(C3CC3)nc2n1. The van der Waals surface area contributed by atoms with E-state index in [0.717, 1.165) is 37.2 Å². The molecule has 0 amide bonds. The number of H-pyrrole nitrogens is 1. The fourth-order valence-corrected chi connectivity index (χ4v) is 1.87. The van der Waals surface area contributed by atoms with Gasteiger partial charge in [0.15, 0.2) is 0 Å². The van der Waals surface area contributed by atoms with Crippen LogP contribution in [0, 0.1) is 0 Å². The fourth-order valence-electron chi connectivity index (χ4n) is 1.87. The smallest absolute Gasteiger partial charge is 0.274 e. The van der Waals surface area contributed by atoms with Crippen molar-refractivity contribution in [1.82, 2.24) is 19.6 Å². The third-order valence-electron chi connectivity index (χ3n) is 2.87. The summed E-state index contributed by atoms with van der Waals surface area (Å²) in [5.74, 6) is 1.92. The molecule has 0 aromatic carbocycles. The van der Waals surface area contributed by atoms with Crippen molar-refractivity contribution in [3.8, 4) is 0 Å². The summed E-state index contributed by atoms with van der Waals surface area (Å²) in [5, 5.41) is 3.03. The van der Waals surface area contributed by atoms with Gasteiger partial charge < -0.3 is 0 Å². The Morgan fingerprint density at radius 3 is 3.00 bits per heavy atom. The van der Waals surface area contributed by atoms with Gasteiger partial charge in [-0.15, -0.1) is 0 Å². The molecule has 0 atom stereocenters. The number of fused-ring (bicyclic) bond motifs is 1. The van der Waals surface area contributed by atoms with Crippen LogP contribution in [0.3, 0.4) is 0 Å². The van der Waals surface area contributed by atoms with Crippen LogP contribution in [-0.4, -0.2) is 19.6 Å². The molecule has 0 bridgehead atoms. The van der Waals surface area contributed by atoms with Gasteiger partial charge in [-0.3, -0.25) is 9.89 Å². The molecule has 16 heavy (non-hydrogen) atoms. The van der Waals surface area contributed by atoms with E-state index >= 15 is 0 Å². The molecule has 5 nitrogen and oxygen atoms in total. The van der Waals surface area contributed by atoms with Crippen molar-refractivity contribution in [2.75, 3.05) is 0 Å². The van der Waals surface area contributed by atoms with E-state index in [4.69, 9.17) is 0 Å². The van der Waals surface area contributed by atoms with Crippen molar-refractivity contribution < 1.29 is 0 Å². The van der Waals surface area contributed by atoms with Crippen molar-refractivity contribution in [1.29, 1.82) is 0 Å². The number of rotatable bonds is 3. The highest BCUT2D eigenvalue weighted by Gasteiger charge is 2.27. The Morgan fingerprint density at radius 2 is 2.31 bits per heavy atom. The third kappa shape index (κ3) is 1.52. The van der Waals surface area contributed by atoms with Crippen LogP contribution in [0.5, 0.6) is 0 Å². The van der Waals surface area contributed by atoms with Gasteiger partial charge in [-0.1, -0.05) is 13.3 Å². The maximum absolute atomic E-state index is 11.8. The van der Waals surface area contributed by atoms with Gasteiger partial charge in [0, 0.05) is 12.0 Å². The summed E-state index contributed by atoms with van der Waals surface area (Å²) in [6.45, 7) is 2.07. The van der Waals surface area contributed by atoms with E-state index in [0.29, 0.717) is 11.7 Å². The number of aryl methyl sites for hydroxylation is 1. The highest BCUT2D eigenvalue weighted by atomic mass is 16.1. The van der Waals surface area contributed by atoms with Crippen LogP contribution < -0.4 is 5.56 Å². The molecule has 3 rings (SSSR count). The molecule has 1 N–H and O–H groups in total. The van der Waals surface area contributed by atoms with E-state index in [-0.39, 0.29) is 5.56 Å². The highest BCUT2D eigenvalue weighted by Crippen LogP contribution is 2.37. The van der Waals surface area contributed by atoms with Crippen molar-refractivity contribution in [2.24, 2.45) is 0 Å². The molecular weight excluding hydrogens is 204 g/mol. The van der Waals surface area contributed by atoms with Crippen LogP contribution in [0.1, 0.15) is 43.6 Å². The Labute approximate surface area is 92.5 Å². The monoisotopic (exact) mass is 218 g/mol. The first-order valence-corrected chi connectivity index (χ1v) is 5.76. The number of nitrogens with one attached hydrogen (secondary N) is 1. The van der Waals surface area contributed by atoms with Crippen molar-refractivity contribution in [3.63, 3.8) is 0 Å². The van der Waals surface area contributed by atoms with Crippen LogP contribution in [0.25, 0.3) is 5.78 Å². The second kappa shape index (κ2) is 3.43. The normalized spacial score (nSPS) is 15.8. The maximum atomic E-state index is 11.8. The van der Waals surface area contributed by atoms with Gasteiger partial charge >= 0.3 is 0 Å². The molecule has 1 saturated carbocycles. The predicted octanol–water partition coefficient (Wildman–Crippen LogP) is 1.25. The molecule has 0 unspecified atom stereocenters. The second-order valence-corrected chi connectivity index (χ2v) is 4.35. The zero-order chi connectivity index (χ0) is 11.1. The number of hydrogen-bond donors (Lipinski definition) is 1. The van der Waals surface area contributed by atoms with E-state index in [1.807, 2.05) is 0 Å². The lowest BCUT2D eigenvalue weighted by molar-refractivity contribution is 0.821. The predicted molar refractivity (Wildman–Crippen MR) is 59.6 cm³/mol. The van der Waals surface area contributed by atoms with Gasteiger partial charge in [-0.05, 0) is 19.3 Å². The minimum Gasteiger partial charge on any atom is -0.275 e. The summed E-state index contributed by atoms with van der Waals surface area (Å²) < 4.78 is 1.44. The lowest BCUT2D eigenvalue weighted by atomic mass is 10.2. The molecule has 0 aliphatic heterocycles. The minimum absolute atomic E-state index is 0.0622. The molecular formula is C11H14N4O. The van der Waals surface area contributed by atoms with Crippen LogP contribution in [0.15, 0.2) is 10.9 Å². The Balaban J connectivity index is 2.13. The summed E-state index contributed by atoms with van der Waals surface area (Å²) in [5.41, 5.74) is 0.772. The van der Waals surface area contributed by atoms with Gasteiger partial charge in [0.25, 0.3) is 11.3 Å². The average molecular weight is 218 g/mol. The second-order valence-electron chi connectivity index (χ2n) is 4.35. The number of aromatic nitrogens is 4. The Morgan fingerprint density at radius 1 is 1.50 bits per heavy atom. The van der Waals surface area contributed by atoms with E-state index in [9.17, 15) is 4.79 Å². The van der Waals surface area contributed by atoms with Gasteiger partial charge in [-0.25, -0.2) is 4.98 Å². The summed E-state index contributed by atoms with van der Waals surface area (Å²) in [6, 6.07) is 1.59. The molecule has 84 valence electrons. The van der Waals surface area contributed by atoms with Crippen LogP contribution in [0.4, 0.5) is 0 Å². The van der Waals surface area contributed by atoms with Gasteiger partial charge in [0.05, 0.1) is 5.69 Å². The van der Waals surface area contributed by atoms with E-state index < -0.39 is 0 Å². The largest absolute Gasteiger partial charge is 0.275 e. The number of aromatic amines is 1. The first kappa shape index (κ1) is 9.57. The molecule has 1 fully saturated rings. The van der Waals surface area contributed by atoms with Gasteiger partial charge in [0.2, 0.25) is 0 Å². The van der Waals surface area contributed by atoms with Gasteiger partial charge in [0.1, 0.15) is 5.82 Å². The Bertz CT molecular complexity index is 579. The molecule has 0 saturated heterocycles. The maximum Gasteiger partial charge on any atom is 0.274 e. The quantitative estimate of drug-likeness (QED) is 0.843. The zero-order valence-electron chi connectivity index (χ0n) is 9.23. The Kier molecular flexibility index (Phi) is 2.05. The summed E-state index contributed by atoms with van der Waals surface area (Å²) in [4.78, 5) is 20.5. The molecule has 1 aliphatic carbocycles. The standard InChI is InChI=1S/C11H14N4O/c1-2-3-8-6-9(16)15-11(12-8)13-10(14-15)7-4-5-7/h6-7H,2-5H2,1H3,(H,12,13,14). The topological polar surface area (TPSA) is 63.0 Å². The molecule has 2 aromatic heterocycles. The summed E-state index contributed by atoms with van der Waals surface area (Å²) >= 11 is 0. The highest BCUT2D eigenvalue weighted by molar-refractivity contribution is 5.29. The first-order chi connectivity index (χ1) is 7.78. The van der Waals surface area contributed by atoms with Crippen molar-refractivity contribution >= 4 is 5.78 Å².